The minimum absolute atomic E-state index is 0.153. The van der Waals surface area contributed by atoms with Crippen LogP contribution in [0.5, 0.6) is 0 Å². The van der Waals surface area contributed by atoms with Crippen LogP contribution in [-0.2, 0) is 19.3 Å². The van der Waals surface area contributed by atoms with E-state index in [9.17, 15) is 13.2 Å². The van der Waals surface area contributed by atoms with Crippen molar-refractivity contribution in [2.24, 2.45) is 5.14 Å². The molecule has 0 saturated heterocycles. The van der Waals surface area contributed by atoms with Gasteiger partial charge in [0.15, 0.2) is 0 Å². The number of carbonyl (C=O) groups is 1. The number of hydrogen-bond donors (Lipinski definition) is 1. The van der Waals surface area contributed by atoms with Gasteiger partial charge in [-0.15, -0.1) is 0 Å². The molecular weight excluding hydrogens is 230 g/mol. The Morgan fingerprint density at radius 3 is 2.38 bits per heavy atom. The molecule has 0 amide bonds. The lowest BCUT2D eigenvalue weighted by atomic mass is 10.1. The van der Waals surface area contributed by atoms with Crippen molar-refractivity contribution >= 4 is 22.3 Å². The van der Waals surface area contributed by atoms with Gasteiger partial charge in [-0.3, -0.25) is 0 Å². The van der Waals surface area contributed by atoms with E-state index in [-0.39, 0.29) is 5.57 Å². The van der Waals surface area contributed by atoms with Crippen molar-refractivity contribution < 1.29 is 17.4 Å². The van der Waals surface area contributed by atoms with Crippen LogP contribution in [0.3, 0.4) is 0 Å². The molecule has 0 spiro atoms. The molecule has 1 aromatic rings. The summed E-state index contributed by atoms with van der Waals surface area (Å²) >= 11 is 0. The molecule has 0 bridgehead atoms. The molecule has 0 unspecified atom stereocenters. The van der Waals surface area contributed by atoms with E-state index in [2.05, 4.69) is 9.32 Å². The van der Waals surface area contributed by atoms with Gasteiger partial charge in [0.2, 0.25) is 0 Å². The number of hydrogen-bond acceptors (Lipinski definition) is 4. The molecule has 0 heterocycles. The maximum Gasteiger partial charge on any atom is 0.382 e. The highest BCUT2D eigenvalue weighted by Crippen LogP contribution is 2.07. The van der Waals surface area contributed by atoms with Gasteiger partial charge >= 0.3 is 16.3 Å². The maximum absolute atomic E-state index is 11.2. The SMILES string of the molecule is CC(=Cc1ccccc1)C(=O)OS(N)(=O)=O. The summed E-state index contributed by atoms with van der Waals surface area (Å²) in [4.78, 5) is 11.2. The average Bonchev–Trinajstić information content (AvgIpc) is 2.16. The average molecular weight is 241 g/mol. The van der Waals surface area contributed by atoms with Crippen molar-refractivity contribution in [2.45, 2.75) is 6.92 Å². The molecule has 0 saturated carbocycles. The summed E-state index contributed by atoms with van der Waals surface area (Å²) < 4.78 is 25.0. The standard InChI is InChI=1S/C10H11NO4S/c1-8(10(12)15-16(11,13)14)7-9-5-3-2-4-6-9/h2-7H,1H3,(H2,11,13,14). The monoisotopic (exact) mass is 241 g/mol. The molecule has 0 radical (unpaired) electrons. The second-order valence-corrected chi connectivity index (χ2v) is 4.25. The van der Waals surface area contributed by atoms with Crippen LogP contribution in [0.15, 0.2) is 35.9 Å². The minimum Gasteiger partial charge on any atom is -0.330 e. The number of nitrogens with two attached hydrogens (primary N) is 1. The molecule has 0 aliphatic rings. The number of rotatable bonds is 3. The molecule has 2 N–H and O–H groups in total. The summed E-state index contributed by atoms with van der Waals surface area (Å²) in [6.07, 6.45) is 1.51. The van der Waals surface area contributed by atoms with Gasteiger partial charge in [0.1, 0.15) is 0 Å². The number of carbonyl (C=O) groups excluding carboxylic acids is 1. The smallest absolute Gasteiger partial charge is 0.330 e. The first-order valence-electron chi connectivity index (χ1n) is 4.38. The summed E-state index contributed by atoms with van der Waals surface area (Å²) in [6, 6.07) is 8.96. The molecule has 0 aromatic heterocycles. The van der Waals surface area contributed by atoms with Crippen molar-refractivity contribution in [3.05, 3.63) is 41.5 Å². The number of benzene rings is 1. The molecule has 0 fully saturated rings. The Morgan fingerprint density at radius 1 is 1.31 bits per heavy atom. The van der Waals surface area contributed by atoms with Crippen LogP contribution >= 0.6 is 0 Å². The van der Waals surface area contributed by atoms with Crippen molar-refractivity contribution in [1.82, 2.24) is 0 Å². The normalized spacial score (nSPS) is 12.2. The molecule has 0 aliphatic carbocycles. The van der Waals surface area contributed by atoms with E-state index in [1.54, 1.807) is 24.3 Å². The second kappa shape index (κ2) is 4.91. The first kappa shape index (κ1) is 12.4. The van der Waals surface area contributed by atoms with Crippen LogP contribution in [0.25, 0.3) is 6.08 Å². The largest absolute Gasteiger partial charge is 0.382 e. The fraction of sp³-hybridized carbons (Fsp3) is 0.100. The second-order valence-electron chi connectivity index (χ2n) is 3.10. The molecule has 1 aromatic carbocycles. The fourth-order valence-electron chi connectivity index (χ4n) is 1.03. The molecule has 0 atom stereocenters. The topological polar surface area (TPSA) is 86.5 Å². The van der Waals surface area contributed by atoms with E-state index in [4.69, 9.17) is 0 Å². The highest BCUT2D eigenvalue weighted by molar-refractivity contribution is 7.84. The third-order valence-corrected chi connectivity index (χ3v) is 2.08. The Bertz CT molecular complexity index is 505. The molecular formula is C10H11NO4S. The lowest BCUT2D eigenvalue weighted by molar-refractivity contribution is -0.129. The fourth-order valence-corrected chi connectivity index (χ4v) is 1.37. The summed E-state index contributed by atoms with van der Waals surface area (Å²) in [6.45, 7) is 1.44. The zero-order valence-electron chi connectivity index (χ0n) is 8.58. The predicted octanol–water partition coefficient (Wildman–Crippen LogP) is 0.837. The van der Waals surface area contributed by atoms with Crippen LogP contribution in [0, 0.1) is 0 Å². The molecule has 1 rings (SSSR count). The quantitative estimate of drug-likeness (QED) is 0.794. The van der Waals surface area contributed by atoms with E-state index in [1.165, 1.54) is 13.0 Å². The zero-order valence-corrected chi connectivity index (χ0v) is 9.40. The van der Waals surface area contributed by atoms with E-state index >= 15 is 0 Å². The molecule has 6 heteroatoms. The maximum atomic E-state index is 11.2. The Kier molecular flexibility index (Phi) is 3.81. The summed E-state index contributed by atoms with van der Waals surface area (Å²) in [5.41, 5.74) is 0.923. The highest BCUT2D eigenvalue weighted by atomic mass is 32.2. The summed E-state index contributed by atoms with van der Waals surface area (Å²) in [7, 11) is -4.25. The molecule has 16 heavy (non-hydrogen) atoms. The Labute approximate surface area is 93.8 Å². The van der Waals surface area contributed by atoms with Gasteiger partial charge in [-0.1, -0.05) is 30.3 Å². The van der Waals surface area contributed by atoms with Gasteiger partial charge in [-0.25, -0.2) is 4.79 Å². The third kappa shape index (κ3) is 4.24. The summed E-state index contributed by atoms with van der Waals surface area (Å²) in [5.74, 6) is -0.980. The first-order chi connectivity index (χ1) is 7.38. The van der Waals surface area contributed by atoms with Crippen molar-refractivity contribution in [3.8, 4) is 0 Å². The van der Waals surface area contributed by atoms with Gasteiger partial charge in [0, 0.05) is 5.57 Å². The van der Waals surface area contributed by atoms with E-state index in [1.807, 2.05) is 6.07 Å². The first-order valence-corrected chi connectivity index (χ1v) is 5.85. The van der Waals surface area contributed by atoms with Crippen LogP contribution in [-0.4, -0.2) is 14.4 Å². The predicted molar refractivity (Wildman–Crippen MR) is 59.3 cm³/mol. The zero-order chi connectivity index (χ0) is 12.2. The lowest BCUT2D eigenvalue weighted by Crippen LogP contribution is -2.20. The van der Waals surface area contributed by atoms with Gasteiger partial charge in [-0.2, -0.15) is 13.6 Å². The van der Waals surface area contributed by atoms with Crippen molar-refractivity contribution in [2.75, 3.05) is 0 Å². The van der Waals surface area contributed by atoms with E-state index < -0.39 is 16.3 Å². The van der Waals surface area contributed by atoms with E-state index in [0.29, 0.717) is 0 Å². The Morgan fingerprint density at radius 2 is 1.88 bits per heavy atom. The van der Waals surface area contributed by atoms with Gasteiger partial charge in [0.25, 0.3) is 0 Å². The van der Waals surface area contributed by atoms with Crippen molar-refractivity contribution in [3.63, 3.8) is 0 Å². The van der Waals surface area contributed by atoms with Gasteiger partial charge in [0.05, 0.1) is 0 Å². The van der Waals surface area contributed by atoms with Gasteiger partial charge in [-0.05, 0) is 18.6 Å². The molecule has 0 aliphatic heterocycles. The van der Waals surface area contributed by atoms with Crippen LogP contribution in [0.4, 0.5) is 0 Å². The van der Waals surface area contributed by atoms with Gasteiger partial charge < -0.3 is 4.18 Å². The van der Waals surface area contributed by atoms with Crippen LogP contribution in [0.1, 0.15) is 12.5 Å². The molecule has 86 valence electrons. The Balaban J connectivity index is 2.83. The molecule has 5 nitrogen and oxygen atoms in total. The van der Waals surface area contributed by atoms with E-state index in [0.717, 1.165) is 5.56 Å². The van der Waals surface area contributed by atoms with Crippen LogP contribution in [0.2, 0.25) is 0 Å². The highest BCUT2D eigenvalue weighted by Gasteiger charge is 2.13. The minimum atomic E-state index is -4.25. The third-order valence-electron chi connectivity index (χ3n) is 1.70. The van der Waals surface area contributed by atoms with Crippen LogP contribution < -0.4 is 5.14 Å². The lowest BCUT2D eigenvalue weighted by Gasteiger charge is -2.01. The Hall–Kier alpha value is -1.66. The van der Waals surface area contributed by atoms with Crippen molar-refractivity contribution in [1.29, 1.82) is 0 Å². The summed E-state index contributed by atoms with van der Waals surface area (Å²) in [5, 5.41) is 4.57.